The number of carbonyl (C=O) groups is 1. The van der Waals surface area contributed by atoms with E-state index in [-0.39, 0.29) is 0 Å². The van der Waals surface area contributed by atoms with Crippen molar-refractivity contribution in [3.8, 4) is 0 Å². The van der Waals surface area contributed by atoms with Crippen LogP contribution in [0, 0.1) is 0 Å². The first-order valence-corrected chi connectivity index (χ1v) is 8.08. The standard InChI is InChI=1S/C15H30N4O/c1-14-5-3-4-8-19(14)15(20)13-17(2)11-12-18-9-6-16-7-10-18/h14,16H,3-13H2,1-2H3. The lowest BCUT2D eigenvalue weighted by atomic mass is 10.0. The molecule has 0 aromatic rings. The number of nitrogens with one attached hydrogen (secondary N) is 1. The third-order valence-corrected chi connectivity index (χ3v) is 4.54. The average Bonchev–Trinajstić information content (AvgIpc) is 2.46. The maximum Gasteiger partial charge on any atom is 0.236 e. The Kier molecular flexibility index (Phi) is 6.26. The minimum Gasteiger partial charge on any atom is -0.339 e. The lowest BCUT2D eigenvalue weighted by Crippen LogP contribution is -2.48. The van der Waals surface area contributed by atoms with Crippen molar-refractivity contribution in [2.45, 2.75) is 32.2 Å². The molecule has 0 aliphatic carbocycles. The summed E-state index contributed by atoms with van der Waals surface area (Å²) in [5.74, 6) is 0.306. The van der Waals surface area contributed by atoms with Crippen molar-refractivity contribution in [2.24, 2.45) is 0 Å². The summed E-state index contributed by atoms with van der Waals surface area (Å²) in [6.45, 7) is 10.2. The van der Waals surface area contributed by atoms with Crippen LogP contribution < -0.4 is 5.32 Å². The summed E-state index contributed by atoms with van der Waals surface area (Å²) in [7, 11) is 2.06. The van der Waals surface area contributed by atoms with Gasteiger partial charge in [-0.25, -0.2) is 0 Å². The molecule has 0 aromatic heterocycles. The van der Waals surface area contributed by atoms with Crippen LogP contribution in [-0.4, -0.2) is 86.1 Å². The van der Waals surface area contributed by atoms with Gasteiger partial charge in [-0.15, -0.1) is 0 Å². The number of carbonyl (C=O) groups excluding carboxylic acids is 1. The van der Waals surface area contributed by atoms with E-state index in [0.717, 1.165) is 52.2 Å². The Morgan fingerprint density at radius 2 is 2.00 bits per heavy atom. The molecule has 1 N–H and O–H groups in total. The van der Waals surface area contributed by atoms with Crippen LogP contribution in [0.2, 0.25) is 0 Å². The molecule has 0 spiro atoms. The van der Waals surface area contributed by atoms with Crippen LogP contribution in [0.15, 0.2) is 0 Å². The summed E-state index contributed by atoms with van der Waals surface area (Å²) in [5, 5.41) is 3.37. The summed E-state index contributed by atoms with van der Waals surface area (Å²) in [6.07, 6.45) is 3.60. The van der Waals surface area contributed by atoms with E-state index in [1.54, 1.807) is 0 Å². The second-order valence-corrected chi connectivity index (χ2v) is 6.26. The summed E-state index contributed by atoms with van der Waals surface area (Å²) in [4.78, 5) is 19.1. The number of hydrogen-bond donors (Lipinski definition) is 1. The Morgan fingerprint density at radius 1 is 1.25 bits per heavy atom. The molecule has 5 heteroatoms. The molecule has 2 fully saturated rings. The molecule has 0 saturated carbocycles. The highest BCUT2D eigenvalue weighted by molar-refractivity contribution is 5.78. The third kappa shape index (κ3) is 4.72. The van der Waals surface area contributed by atoms with Gasteiger partial charge in [0.15, 0.2) is 0 Å². The molecule has 116 valence electrons. The Bertz CT molecular complexity index is 304. The van der Waals surface area contributed by atoms with E-state index in [1.165, 1.54) is 12.8 Å². The lowest BCUT2D eigenvalue weighted by Gasteiger charge is -2.35. The van der Waals surface area contributed by atoms with E-state index in [9.17, 15) is 4.79 Å². The number of rotatable bonds is 5. The van der Waals surface area contributed by atoms with Crippen molar-refractivity contribution in [2.75, 3.05) is 59.4 Å². The molecule has 2 saturated heterocycles. The Balaban J connectivity index is 1.67. The second-order valence-electron chi connectivity index (χ2n) is 6.26. The van der Waals surface area contributed by atoms with E-state index in [2.05, 4.69) is 34.0 Å². The predicted molar refractivity (Wildman–Crippen MR) is 81.8 cm³/mol. The molecular formula is C15H30N4O. The molecule has 2 heterocycles. The normalized spacial score (nSPS) is 25.1. The molecule has 2 rings (SSSR count). The first-order chi connectivity index (χ1) is 9.66. The Morgan fingerprint density at radius 3 is 2.70 bits per heavy atom. The Labute approximate surface area is 123 Å². The molecular weight excluding hydrogens is 252 g/mol. The van der Waals surface area contributed by atoms with Crippen molar-refractivity contribution in [1.82, 2.24) is 20.0 Å². The zero-order chi connectivity index (χ0) is 14.4. The van der Waals surface area contributed by atoms with Gasteiger partial charge in [0.25, 0.3) is 0 Å². The van der Waals surface area contributed by atoms with Crippen LogP contribution in [0.3, 0.4) is 0 Å². The van der Waals surface area contributed by atoms with E-state index in [4.69, 9.17) is 0 Å². The minimum atomic E-state index is 0.306. The van der Waals surface area contributed by atoms with Gasteiger partial charge in [0, 0.05) is 51.9 Å². The quantitative estimate of drug-likeness (QED) is 0.783. The van der Waals surface area contributed by atoms with Crippen LogP contribution >= 0.6 is 0 Å². The topological polar surface area (TPSA) is 38.8 Å². The molecule has 20 heavy (non-hydrogen) atoms. The Hall–Kier alpha value is -0.650. The molecule has 2 aliphatic heterocycles. The van der Waals surface area contributed by atoms with Crippen molar-refractivity contribution in [3.63, 3.8) is 0 Å². The van der Waals surface area contributed by atoms with Gasteiger partial charge in [-0.3, -0.25) is 14.6 Å². The number of piperidine rings is 1. The average molecular weight is 282 g/mol. The van der Waals surface area contributed by atoms with Crippen LogP contribution in [0.4, 0.5) is 0 Å². The van der Waals surface area contributed by atoms with Crippen LogP contribution in [0.1, 0.15) is 26.2 Å². The fourth-order valence-electron chi connectivity index (χ4n) is 3.12. The zero-order valence-electron chi connectivity index (χ0n) is 13.1. The fraction of sp³-hybridized carbons (Fsp3) is 0.933. The highest BCUT2D eigenvalue weighted by Crippen LogP contribution is 2.16. The van der Waals surface area contributed by atoms with Gasteiger partial charge in [0.2, 0.25) is 5.91 Å². The second kappa shape index (κ2) is 7.96. The molecule has 0 aromatic carbocycles. The van der Waals surface area contributed by atoms with Crippen molar-refractivity contribution >= 4 is 5.91 Å². The number of amides is 1. The van der Waals surface area contributed by atoms with Crippen LogP contribution in [-0.2, 0) is 4.79 Å². The van der Waals surface area contributed by atoms with E-state index >= 15 is 0 Å². The van der Waals surface area contributed by atoms with Gasteiger partial charge in [-0.2, -0.15) is 0 Å². The number of piperazine rings is 1. The van der Waals surface area contributed by atoms with Gasteiger partial charge >= 0.3 is 0 Å². The highest BCUT2D eigenvalue weighted by atomic mass is 16.2. The van der Waals surface area contributed by atoms with E-state index in [1.807, 2.05) is 0 Å². The molecule has 0 bridgehead atoms. The largest absolute Gasteiger partial charge is 0.339 e. The molecule has 1 atom stereocenters. The monoisotopic (exact) mass is 282 g/mol. The van der Waals surface area contributed by atoms with Crippen LogP contribution in [0.5, 0.6) is 0 Å². The molecule has 2 aliphatic rings. The molecule has 0 radical (unpaired) electrons. The number of hydrogen-bond acceptors (Lipinski definition) is 4. The summed E-state index contributed by atoms with van der Waals surface area (Å²) in [6, 6.07) is 0.429. The minimum absolute atomic E-state index is 0.306. The smallest absolute Gasteiger partial charge is 0.236 e. The van der Waals surface area contributed by atoms with Crippen LogP contribution in [0.25, 0.3) is 0 Å². The maximum absolute atomic E-state index is 12.3. The molecule has 1 unspecified atom stereocenters. The van der Waals surface area contributed by atoms with Gasteiger partial charge in [-0.1, -0.05) is 0 Å². The fourth-order valence-corrected chi connectivity index (χ4v) is 3.12. The predicted octanol–water partition coefficient (Wildman–Crippen LogP) is 0.224. The first-order valence-electron chi connectivity index (χ1n) is 8.08. The van der Waals surface area contributed by atoms with Crippen molar-refractivity contribution < 1.29 is 4.79 Å². The van der Waals surface area contributed by atoms with Crippen molar-refractivity contribution in [1.29, 1.82) is 0 Å². The SMILES string of the molecule is CC1CCCCN1C(=O)CN(C)CCN1CCNCC1. The number of likely N-dealkylation sites (N-methyl/N-ethyl adjacent to an activating group) is 1. The van der Waals surface area contributed by atoms with E-state index < -0.39 is 0 Å². The molecule has 1 amide bonds. The maximum atomic E-state index is 12.3. The van der Waals surface area contributed by atoms with Gasteiger partial charge in [-0.05, 0) is 33.2 Å². The summed E-state index contributed by atoms with van der Waals surface area (Å²) >= 11 is 0. The number of likely N-dealkylation sites (tertiary alicyclic amines) is 1. The van der Waals surface area contributed by atoms with E-state index in [0.29, 0.717) is 18.5 Å². The van der Waals surface area contributed by atoms with Gasteiger partial charge in [0.05, 0.1) is 6.54 Å². The van der Waals surface area contributed by atoms with Crippen molar-refractivity contribution in [3.05, 3.63) is 0 Å². The highest BCUT2D eigenvalue weighted by Gasteiger charge is 2.23. The third-order valence-electron chi connectivity index (χ3n) is 4.54. The summed E-state index contributed by atoms with van der Waals surface area (Å²) < 4.78 is 0. The lowest BCUT2D eigenvalue weighted by molar-refractivity contribution is -0.135. The summed E-state index contributed by atoms with van der Waals surface area (Å²) in [5.41, 5.74) is 0. The zero-order valence-corrected chi connectivity index (χ0v) is 13.1. The van der Waals surface area contributed by atoms with Gasteiger partial charge < -0.3 is 10.2 Å². The number of nitrogens with zero attached hydrogens (tertiary/aromatic N) is 3. The first kappa shape index (κ1) is 15.7. The molecule has 5 nitrogen and oxygen atoms in total. The van der Waals surface area contributed by atoms with Gasteiger partial charge in [0.1, 0.15) is 0 Å².